The van der Waals surface area contributed by atoms with E-state index in [0.29, 0.717) is 18.9 Å². The van der Waals surface area contributed by atoms with Gasteiger partial charge in [0.05, 0.1) is 19.4 Å². The van der Waals surface area contributed by atoms with Gasteiger partial charge in [-0.25, -0.2) is 0 Å². The Hall–Kier alpha value is -1.12. The van der Waals surface area contributed by atoms with E-state index in [0.717, 1.165) is 24.3 Å². The molecule has 0 aromatic heterocycles. The van der Waals surface area contributed by atoms with Gasteiger partial charge < -0.3 is 4.74 Å². The van der Waals surface area contributed by atoms with Crippen LogP contribution in [0.15, 0.2) is 16.8 Å². The van der Waals surface area contributed by atoms with Crippen LogP contribution in [0.1, 0.15) is 19.3 Å². The molecule has 1 aliphatic heterocycles. The molecule has 0 radical (unpaired) electrons. The number of allylic oxidation sites excluding steroid dienone is 2. The van der Waals surface area contributed by atoms with Crippen molar-refractivity contribution in [1.82, 2.24) is 0 Å². The first-order chi connectivity index (χ1) is 6.29. The van der Waals surface area contributed by atoms with Crippen LogP contribution in [0.3, 0.4) is 0 Å². The molecule has 3 nitrogen and oxygen atoms in total. The van der Waals surface area contributed by atoms with Gasteiger partial charge in [0.1, 0.15) is 0 Å². The molecule has 1 atom stereocenters. The Morgan fingerprint density at radius 1 is 1.62 bits per heavy atom. The lowest BCUT2D eigenvalue weighted by atomic mass is 9.85. The number of hydrogen-bond acceptors (Lipinski definition) is 3. The average molecular weight is 179 g/mol. The molecule has 0 N–H and O–H groups in total. The number of carbonyl (C=O) groups is 1. The van der Waals surface area contributed by atoms with E-state index in [4.69, 9.17) is 4.74 Å². The summed E-state index contributed by atoms with van der Waals surface area (Å²) in [6.07, 6.45) is 4.60. The molecule has 0 saturated heterocycles. The molecule has 0 aromatic carbocycles. The molecule has 0 spiro atoms. The van der Waals surface area contributed by atoms with Gasteiger partial charge in [0.25, 0.3) is 0 Å². The van der Waals surface area contributed by atoms with Crippen LogP contribution >= 0.6 is 0 Å². The lowest BCUT2D eigenvalue weighted by Crippen LogP contribution is -2.27. The maximum Gasteiger partial charge on any atom is 0.154 e. The third kappa shape index (κ3) is 1.64. The summed E-state index contributed by atoms with van der Waals surface area (Å²) in [7, 11) is 1.68. The molecule has 70 valence electrons. The van der Waals surface area contributed by atoms with E-state index in [2.05, 4.69) is 4.99 Å². The van der Waals surface area contributed by atoms with E-state index in [1.54, 1.807) is 7.11 Å². The Balaban J connectivity index is 2.21. The number of ketones is 1. The topological polar surface area (TPSA) is 38.7 Å². The summed E-state index contributed by atoms with van der Waals surface area (Å²) in [5.74, 6) is 1.62. The molecule has 3 heteroatoms. The van der Waals surface area contributed by atoms with Crippen molar-refractivity contribution in [2.24, 2.45) is 10.9 Å². The van der Waals surface area contributed by atoms with Crippen LogP contribution in [0, 0.1) is 5.92 Å². The van der Waals surface area contributed by atoms with Crippen LogP contribution in [0.25, 0.3) is 0 Å². The quantitative estimate of drug-likeness (QED) is 0.609. The van der Waals surface area contributed by atoms with Crippen LogP contribution in [0.4, 0.5) is 0 Å². The van der Waals surface area contributed by atoms with Gasteiger partial charge >= 0.3 is 0 Å². The largest absolute Gasteiger partial charge is 0.501 e. The van der Waals surface area contributed by atoms with Gasteiger partial charge in [0.2, 0.25) is 0 Å². The van der Waals surface area contributed by atoms with Gasteiger partial charge in [-0.1, -0.05) is 0 Å². The SMILES string of the molecule is COC1=CC2=NCC(=O)CC2CC1. The second-order valence-electron chi connectivity index (χ2n) is 3.53. The fraction of sp³-hybridized carbons (Fsp3) is 0.600. The molecule has 0 saturated carbocycles. The van der Waals surface area contributed by atoms with Crippen LogP contribution < -0.4 is 0 Å². The summed E-state index contributed by atoms with van der Waals surface area (Å²) in [4.78, 5) is 15.4. The highest BCUT2D eigenvalue weighted by Crippen LogP contribution is 2.27. The molecule has 1 heterocycles. The van der Waals surface area contributed by atoms with E-state index in [9.17, 15) is 4.79 Å². The molecule has 13 heavy (non-hydrogen) atoms. The van der Waals surface area contributed by atoms with Crippen molar-refractivity contribution in [1.29, 1.82) is 0 Å². The Bertz CT molecular complexity index is 291. The minimum absolute atomic E-state index is 0.267. The number of Topliss-reactive ketones (excluding diaryl/α,β-unsaturated/α-hetero) is 1. The monoisotopic (exact) mass is 179 g/mol. The molecule has 1 aliphatic carbocycles. The molecule has 0 aromatic rings. The maximum absolute atomic E-state index is 11.1. The summed E-state index contributed by atoms with van der Waals surface area (Å²) in [5, 5.41) is 0. The Morgan fingerprint density at radius 3 is 3.23 bits per heavy atom. The highest BCUT2D eigenvalue weighted by molar-refractivity contribution is 6.03. The zero-order valence-corrected chi connectivity index (χ0v) is 7.75. The molecule has 0 bridgehead atoms. The minimum Gasteiger partial charge on any atom is -0.501 e. The zero-order valence-electron chi connectivity index (χ0n) is 7.75. The smallest absolute Gasteiger partial charge is 0.154 e. The lowest BCUT2D eigenvalue weighted by molar-refractivity contribution is -0.118. The van der Waals surface area contributed by atoms with E-state index in [1.165, 1.54) is 0 Å². The first-order valence-electron chi connectivity index (χ1n) is 4.60. The highest BCUT2D eigenvalue weighted by Gasteiger charge is 2.26. The predicted molar refractivity (Wildman–Crippen MR) is 49.7 cm³/mol. The molecule has 2 aliphatic rings. The maximum atomic E-state index is 11.1. The van der Waals surface area contributed by atoms with Crippen molar-refractivity contribution in [3.05, 3.63) is 11.8 Å². The second kappa shape index (κ2) is 3.32. The zero-order chi connectivity index (χ0) is 9.26. The van der Waals surface area contributed by atoms with Crippen molar-refractivity contribution in [3.63, 3.8) is 0 Å². The van der Waals surface area contributed by atoms with E-state index in [-0.39, 0.29) is 5.78 Å². The predicted octanol–water partition coefficient (Wildman–Crippen LogP) is 1.34. The number of aliphatic imine (C=N–C) groups is 1. The van der Waals surface area contributed by atoms with Crippen molar-refractivity contribution < 1.29 is 9.53 Å². The molecule has 0 amide bonds. The molecule has 2 rings (SSSR count). The van der Waals surface area contributed by atoms with Gasteiger partial charge in [-0.3, -0.25) is 9.79 Å². The number of methoxy groups -OCH3 is 1. The minimum atomic E-state index is 0.267. The molecule has 0 fully saturated rings. The number of ether oxygens (including phenoxy) is 1. The first kappa shape index (κ1) is 8.48. The third-order valence-electron chi connectivity index (χ3n) is 2.64. The number of rotatable bonds is 1. The van der Waals surface area contributed by atoms with Gasteiger partial charge in [0, 0.05) is 24.5 Å². The number of nitrogens with zero attached hydrogens (tertiary/aromatic N) is 1. The number of carbonyl (C=O) groups excluding carboxylic acids is 1. The number of hydrogen-bond donors (Lipinski definition) is 0. The fourth-order valence-corrected chi connectivity index (χ4v) is 1.88. The van der Waals surface area contributed by atoms with Crippen molar-refractivity contribution in [2.75, 3.05) is 13.7 Å². The Morgan fingerprint density at radius 2 is 2.46 bits per heavy atom. The fourth-order valence-electron chi connectivity index (χ4n) is 1.88. The number of fused-ring (bicyclic) bond motifs is 1. The van der Waals surface area contributed by atoms with Crippen molar-refractivity contribution >= 4 is 11.5 Å². The van der Waals surface area contributed by atoms with Crippen LogP contribution in [-0.4, -0.2) is 25.1 Å². The van der Waals surface area contributed by atoms with E-state index < -0.39 is 0 Å². The molecular weight excluding hydrogens is 166 g/mol. The highest BCUT2D eigenvalue weighted by atomic mass is 16.5. The van der Waals surface area contributed by atoms with Crippen molar-refractivity contribution in [3.8, 4) is 0 Å². The summed E-state index contributed by atoms with van der Waals surface area (Å²) in [6.45, 7) is 0.360. The average Bonchev–Trinajstić information content (AvgIpc) is 2.17. The standard InChI is InChI=1S/C10H13NO2/c1-13-9-3-2-7-4-8(12)6-11-10(7)5-9/h5,7H,2-4,6H2,1H3. The summed E-state index contributed by atoms with van der Waals surface area (Å²) in [5.41, 5.74) is 1.06. The van der Waals surface area contributed by atoms with Gasteiger partial charge in [0.15, 0.2) is 5.78 Å². The first-order valence-corrected chi connectivity index (χ1v) is 4.60. The van der Waals surface area contributed by atoms with E-state index >= 15 is 0 Å². The lowest BCUT2D eigenvalue weighted by Gasteiger charge is -2.25. The normalized spacial score (nSPS) is 27.5. The third-order valence-corrected chi connectivity index (χ3v) is 2.64. The van der Waals surface area contributed by atoms with Gasteiger partial charge in [-0.2, -0.15) is 0 Å². The van der Waals surface area contributed by atoms with E-state index in [1.807, 2.05) is 6.08 Å². The second-order valence-corrected chi connectivity index (χ2v) is 3.53. The molecule has 1 unspecified atom stereocenters. The van der Waals surface area contributed by atoms with Crippen LogP contribution in [0.2, 0.25) is 0 Å². The van der Waals surface area contributed by atoms with Crippen LogP contribution in [-0.2, 0) is 9.53 Å². The van der Waals surface area contributed by atoms with Crippen LogP contribution in [0.5, 0.6) is 0 Å². The Kier molecular flexibility index (Phi) is 2.17. The summed E-state index contributed by atoms with van der Waals surface area (Å²) < 4.78 is 5.16. The molecular formula is C10H13NO2. The van der Waals surface area contributed by atoms with Crippen molar-refractivity contribution in [2.45, 2.75) is 19.3 Å². The van der Waals surface area contributed by atoms with Gasteiger partial charge in [-0.15, -0.1) is 0 Å². The Labute approximate surface area is 77.5 Å². The summed E-state index contributed by atoms with van der Waals surface area (Å²) >= 11 is 0. The summed E-state index contributed by atoms with van der Waals surface area (Å²) in [6, 6.07) is 0. The van der Waals surface area contributed by atoms with Gasteiger partial charge in [-0.05, 0) is 12.5 Å².